The molecule has 1 N–H and O–H groups in total. The number of piperazine rings is 1. The van der Waals surface area contributed by atoms with Crippen LogP contribution in [0.15, 0.2) is 0 Å². The number of rotatable bonds is 4. The van der Waals surface area contributed by atoms with Crippen molar-refractivity contribution in [3.63, 3.8) is 0 Å². The Kier molecular flexibility index (Phi) is 4.99. The molecule has 5 heteroatoms. The minimum Gasteiger partial charge on any atom is -0.342 e. The number of amides is 2. The van der Waals surface area contributed by atoms with E-state index >= 15 is 0 Å². The lowest BCUT2D eigenvalue weighted by Crippen LogP contribution is -2.66. The van der Waals surface area contributed by atoms with Gasteiger partial charge in [0, 0.05) is 11.3 Å². The first-order chi connectivity index (χ1) is 9.49. The van der Waals surface area contributed by atoms with Gasteiger partial charge in [-0.1, -0.05) is 20.3 Å². The van der Waals surface area contributed by atoms with Gasteiger partial charge in [-0.25, -0.2) is 0 Å². The molecule has 0 aromatic rings. The van der Waals surface area contributed by atoms with E-state index in [9.17, 15) is 9.59 Å². The molecular formula is C15H26N2O2S. The lowest BCUT2D eigenvalue weighted by molar-refractivity contribution is -0.152. The molecule has 1 aliphatic heterocycles. The second-order valence-corrected chi connectivity index (χ2v) is 7.26. The summed E-state index contributed by atoms with van der Waals surface area (Å²) in [6, 6.07) is -0.419. The average Bonchev–Trinajstić information content (AvgIpc) is 2.91. The van der Waals surface area contributed by atoms with Crippen LogP contribution in [0.4, 0.5) is 0 Å². The van der Waals surface area contributed by atoms with Gasteiger partial charge in [0.25, 0.3) is 0 Å². The van der Waals surface area contributed by atoms with Gasteiger partial charge in [-0.15, -0.1) is 0 Å². The molecule has 5 atom stereocenters. The zero-order valence-electron chi connectivity index (χ0n) is 12.9. The fraction of sp³-hybridized carbons (Fsp3) is 0.867. The molecule has 0 aromatic heterocycles. The molecule has 0 radical (unpaired) electrons. The van der Waals surface area contributed by atoms with Crippen LogP contribution in [0.1, 0.15) is 46.5 Å². The van der Waals surface area contributed by atoms with E-state index in [0.717, 1.165) is 25.7 Å². The smallest absolute Gasteiger partial charge is 0.246 e. The molecule has 0 aromatic carbocycles. The average molecular weight is 298 g/mol. The SMILES string of the molecule is CCC(C)C1NC(=O)C(C)N(C2CCC(SC)C2)C1=O. The second kappa shape index (κ2) is 6.37. The van der Waals surface area contributed by atoms with Gasteiger partial charge >= 0.3 is 0 Å². The summed E-state index contributed by atoms with van der Waals surface area (Å²) in [5.74, 6) is 0.319. The molecule has 0 spiro atoms. The second-order valence-electron chi connectivity index (χ2n) is 6.12. The monoisotopic (exact) mass is 298 g/mol. The third-order valence-electron chi connectivity index (χ3n) is 4.91. The number of carbonyl (C=O) groups excluding carboxylic acids is 2. The predicted octanol–water partition coefficient (Wildman–Crippen LogP) is 2.03. The molecule has 1 heterocycles. The van der Waals surface area contributed by atoms with Crippen molar-refractivity contribution in [2.75, 3.05) is 6.26 Å². The third kappa shape index (κ3) is 2.83. The standard InChI is InChI=1S/C15H26N2O2S/c1-5-9(2)13-15(19)17(10(3)14(18)16-13)11-6-7-12(8-11)20-4/h9-13H,5-8H2,1-4H3,(H,16,18). The van der Waals surface area contributed by atoms with Gasteiger partial charge < -0.3 is 10.2 Å². The number of nitrogens with one attached hydrogen (secondary N) is 1. The van der Waals surface area contributed by atoms with Crippen molar-refractivity contribution in [2.45, 2.75) is 69.8 Å². The van der Waals surface area contributed by atoms with Crippen molar-refractivity contribution in [3.8, 4) is 0 Å². The van der Waals surface area contributed by atoms with Crippen molar-refractivity contribution in [1.29, 1.82) is 0 Å². The summed E-state index contributed by atoms with van der Waals surface area (Å²) in [5, 5.41) is 3.54. The van der Waals surface area contributed by atoms with Gasteiger partial charge in [-0.3, -0.25) is 9.59 Å². The van der Waals surface area contributed by atoms with E-state index in [1.54, 1.807) is 0 Å². The van der Waals surface area contributed by atoms with E-state index < -0.39 is 0 Å². The van der Waals surface area contributed by atoms with Gasteiger partial charge in [0.1, 0.15) is 12.1 Å². The van der Waals surface area contributed by atoms with E-state index in [0.29, 0.717) is 5.25 Å². The summed E-state index contributed by atoms with van der Waals surface area (Å²) < 4.78 is 0. The summed E-state index contributed by atoms with van der Waals surface area (Å²) in [5.41, 5.74) is 0. The highest BCUT2D eigenvalue weighted by molar-refractivity contribution is 7.99. The van der Waals surface area contributed by atoms with Crippen LogP contribution in [0, 0.1) is 5.92 Å². The molecule has 2 amide bonds. The fourth-order valence-electron chi connectivity index (χ4n) is 3.32. The van der Waals surface area contributed by atoms with Crippen LogP contribution in [0.5, 0.6) is 0 Å². The summed E-state index contributed by atoms with van der Waals surface area (Å²) in [6.45, 7) is 5.95. The topological polar surface area (TPSA) is 49.4 Å². The predicted molar refractivity (Wildman–Crippen MR) is 82.6 cm³/mol. The fourth-order valence-corrected chi connectivity index (χ4v) is 4.10. The normalized spacial score (nSPS) is 36.1. The maximum Gasteiger partial charge on any atom is 0.246 e. The number of hydrogen-bond donors (Lipinski definition) is 1. The molecular weight excluding hydrogens is 272 g/mol. The lowest BCUT2D eigenvalue weighted by atomic mass is 9.93. The number of carbonyl (C=O) groups is 2. The zero-order valence-corrected chi connectivity index (χ0v) is 13.7. The molecule has 20 heavy (non-hydrogen) atoms. The summed E-state index contributed by atoms with van der Waals surface area (Å²) in [7, 11) is 0. The van der Waals surface area contributed by atoms with Crippen LogP contribution < -0.4 is 5.32 Å². The Morgan fingerprint density at radius 3 is 2.65 bits per heavy atom. The van der Waals surface area contributed by atoms with E-state index in [1.807, 2.05) is 30.5 Å². The van der Waals surface area contributed by atoms with Crippen LogP contribution in [0.3, 0.4) is 0 Å². The minimum atomic E-state index is -0.336. The number of nitrogens with zero attached hydrogens (tertiary/aromatic N) is 1. The molecule has 5 unspecified atom stereocenters. The highest BCUT2D eigenvalue weighted by atomic mass is 32.2. The summed E-state index contributed by atoms with van der Waals surface area (Å²) in [4.78, 5) is 26.8. The molecule has 2 rings (SSSR count). The first-order valence-electron chi connectivity index (χ1n) is 7.64. The van der Waals surface area contributed by atoms with Crippen molar-refractivity contribution in [2.24, 2.45) is 5.92 Å². The Labute approximate surface area is 126 Å². The van der Waals surface area contributed by atoms with Crippen molar-refractivity contribution >= 4 is 23.6 Å². The van der Waals surface area contributed by atoms with Gasteiger partial charge in [0.05, 0.1) is 0 Å². The van der Waals surface area contributed by atoms with Crippen LogP contribution in [0.2, 0.25) is 0 Å². The Morgan fingerprint density at radius 2 is 2.10 bits per heavy atom. The van der Waals surface area contributed by atoms with Crippen LogP contribution >= 0.6 is 11.8 Å². The number of thioether (sulfide) groups is 1. The Morgan fingerprint density at radius 1 is 1.40 bits per heavy atom. The molecule has 4 nitrogen and oxygen atoms in total. The van der Waals surface area contributed by atoms with Gasteiger partial charge in [-0.05, 0) is 38.4 Å². The molecule has 2 fully saturated rings. The highest BCUT2D eigenvalue weighted by Crippen LogP contribution is 2.34. The van der Waals surface area contributed by atoms with E-state index in [-0.39, 0.29) is 35.9 Å². The highest BCUT2D eigenvalue weighted by Gasteiger charge is 2.44. The lowest BCUT2D eigenvalue weighted by Gasteiger charge is -2.42. The quantitative estimate of drug-likeness (QED) is 0.864. The summed E-state index contributed by atoms with van der Waals surface area (Å²) in [6.07, 6.45) is 6.23. The van der Waals surface area contributed by atoms with Crippen LogP contribution in [0.25, 0.3) is 0 Å². The summed E-state index contributed by atoms with van der Waals surface area (Å²) >= 11 is 1.88. The van der Waals surface area contributed by atoms with Crippen LogP contribution in [-0.2, 0) is 9.59 Å². The Bertz CT molecular complexity index is 388. The first-order valence-corrected chi connectivity index (χ1v) is 8.93. The Hall–Kier alpha value is -0.710. The van der Waals surface area contributed by atoms with E-state index in [1.165, 1.54) is 0 Å². The third-order valence-corrected chi connectivity index (χ3v) is 6.01. The van der Waals surface area contributed by atoms with Crippen molar-refractivity contribution in [1.82, 2.24) is 10.2 Å². The minimum absolute atomic E-state index is 0.00232. The van der Waals surface area contributed by atoms with Crippen LogP contribution in [-0.4, -0.2) is 46.3 Å². The first kappa shape index (κ1) is 15.7. The molecule has 1 saturated heterocycles. The van der Waals surface area contributed by atoms with Gasteiger partial charge in [0.2, 0.25) is 11.8 Å². The molecule has 2 aliphatic rings. The van der Waals surface area contributed by atoms with E-state index in [2.05, 4.69) is 18.5 Å². The maximum absolute atomic E-state index is 12.8. The van der Waals surface area contributed by atoms with Gasteiger partial charge in [-0.2, -0.15) is 11.8 Å². The number of hydrogen-bond acceptors (Lipinski definition) is 3. The largest absolute Gasteiger partial charge is 0.342 e. The van der Waals surface area contributed by atoms with Gasteiger partial charge in [0.15, 0.2) is 0 Å². The molecule has 0 bridgehead atoms. The molecule has 114 valence electrons. The molecule has 1 saturated carbocycles. The maximum atomic E-state index is 12.8. The zero-order chi connectivity index (χ0) is 14.9. The Balaban J connectivity index is 2.16. The van der Waals surface area contributed by atoms with Crippen molar-refractivity contribution in [3.05, 3.63) is 0 Å². The molecule has 1 aliphatic carbocycles. The van der Waals surface area contributed by atoms with Crippen molar-refractivity contribution < 1.29 is 9.59 Å². The van der Waals surface area contributed by atoms with E-state index in [4.69, 9.17) is 0 Å².